The van der Waals surface area contributed by atoms with Crippen molar-refractivity contribution in [3.8, 4) is 22.7 Å². The van der Waals surface area contributed by atoms with Gasteiger partial charge in [-0.2, -0.15) is 4.52 Å². The minimum atomic E-state index is 0.437. The summed E-state index contributed by atoms with van der Waals surface area (Å²) in [5.74, 6) is 1.41. The smallest absolute Gasteiger partial charge is 0.220 e. The lowest BCUT2D eigenvalue weighted by Gasteiger charge is -2.05. The summed E-state index contributed by atoms with van der Waals surface area (Å²) in [6, 6.07) is 13.0. The number of pyridine rings is 1. The molecule has 3 heterocycles. The van der Waals surface area contributed by atoms with E-state index in [1.807, 2.05) is 36.4 Å². The normalized spacial score (nSPS) is 11.1. The molecule has 7 heteroatoms. The van der Waals surface area contributed by atoms with Crippen LogP contribution >= 0.6 is 11.6 Å². The van der Waals surface area contributed by atoms with E-state index in [4.69, 9.17) is 21.9 Å². The summed E-state index contributed by atoms with van der Waals surface area (Å²) in [4.78, 5) is 4.43. The highest BCUT2D eigenvalue weighted by Crippen LogP contribution is 2.27. The standard InChI is InChI=1S/C15H10ClN5O/c16-11-3-1-2-9(6-11)10-7-13(17)21-14(8-10)19-15(20-21)12-4-5-18-22-12/h1-8H,17H2. The summed E-state index contributed by atoms with van der Waals surface area (Å²) >= 11 is 6.04. The zero-order chi connectivity index (χ0) is 15.1. The van der Waals surface area contributed by atoms with E-state index < -0.39 is 0 Å². The quantitative estimate of drug-likeness (QED) is 0.614. The first-order valence-electron chi connectivity index (χ1n) is 6.54. The molecule has 0 aliphatic carbocycles. The Balaban J connectivity index is 1.89. The molecule has 22 heavy (non-hydrogen) atoms. The third-order valence-electron chi connectivity index (χ3n) is 3.28. The molecule has 2 N–H and O–H groups in total. The van der Waals surface area contributed by atoms with Gasteiger partial charge in [0, 0.05) is 11.1 Å². The molecule has 0 unspecified atom stereocenters. The van der Waals surface area contributed by atoms with Gasteiger partial charge in [-0.1, -0.05) is 28.9 Å². The molecule has 0 aliphatic rings. The number of benzene rings is 1. The number of nitrogens with two attached hydrogens (primary N) is 1. The number of rotatable bonds is 2. The van der Waals surface area contributed by atoms with Crippen LogP contribution in [0.25, 0.3) is 28.4 Å². The van der Waals surface area contributed by atoms with E-state index in [9.17, 15) is 0 Å². The molecule has 3 aromatic heterocycles. The van der Waals surface area contributed by atoms with Crippen molar-refractivity contribution >= 4 is 23.1 Å². The van der Waals surface area contributed by atoms with Crippen molar-refractivity contribution in [3.05, 3.63) is 53.7 Å². The monoisotopic (exact) mass is 311 g/mol. The van der Waals surface area contributed by atoms with Crippen LogP contribution in [-0.4, -0.2) is 19.8 Å². The predicted octanol–water partition coefficient (Wildman–Crippen LogP) is 3.29. The molecular formula is C15H10ClN5O. The maximum Gasteiger partial charge on any atom is 0.220 e. The molecule has 1 aromatic carbocycles. The minimum absolute atomic E-state index is 0.437. The molecular weight excluding hydrogens is 302 g/mol. The first-order chi connectivity index (χ1) is 10.7. The number of halogens is 1. The second-order valence-corrected chi connectivity index (χ2v) is 5.20. The molecule has 0 radical (unpaired) electrons. The van der Waals surface area contributed by atoms with E-state index in [2.05, 4.69) is 15.2 Å². The zero-order valence-corrected chi connectivity index (χ0v) is 12.0. The van der Waals surface area contributed by atoms with E-state index >= 15 is 0 Å². The average molecular weight is 312 g/mol. The highest BCUT2D eigenvalue weighted by atomic mass is 35.5. The molecule has 6 nitrogen and oxygen atoms in total. The molecule has 0 saturated carbocycles. The number of nitrogens with zero attached hydrogens (tertiary/aromatic N) is 4. The van der Waals surface area contributed by atoms with E-state index in [-0.39, 0.29) is 0 Å². The fourth-order valence-corrected chi connectivity index (χ4v) is 2.47. The van der Waals surface area contributed by atoms with Gasteiger partial charge in [0.15, 0.2) is 5.65 Å². The second kappa shape index (κ2) is 4.85. The van der Waals surface area contributed by atoms with Crippen molar-refractivity contribution in [1.82, 2.24) is 19.8 Å². The van der Waals surface area contributed by atoms with Gasteiger partial charge in [0.2, 0.25) is 11.6 Å². The molecule has 108 valence electrons. The number of aromatic nitrogens is 4. The Bertz CT molecular complexity index is 961. The Hall–Kier alpha value is -2.86. The number of hydrogen-bond donors (Lipinski definition) is 1. The van der Waals surface area contributed by atoms with Crippen LogP contribution in [0.4, 0.5) is 5.82 Å². The lowest BCUT2D eigenvalue weighted by molar-refractivity contribution is 0.429. The molecule has 0 fully saturated rings. The van der Waals surface area contributed by atoms with Crippen molar-refractivity contribution in [3.63, 3.8) is 0 Å². The van der Waals surface area contributed by atoms with Gasteiger partial charge in [0.1, 0.15) is 5.82 Å². The highest BCUT2D eigenvalue weighted by molar-refractivity contribution is 6.30. The van der Waals surface area contributed by atoms with Crippen LogP contribution in [0.1, 0.15) is 0 Å². The summed E-state index contributed by atoms with van der Waals surface area (Å²) < 4.78 is 6.63. The SMILES string of the molecule is Nc1cc(-c2cccc(Cl)c2)cc2nc(-c3ccno3)nn12. The number of anilines is 1. The molecule has 0 amide bonds. The number of nitrogen functional groups attached to an aromatic ring is 1. The van der Waals surface area contributed by atoms with Crippen LogP contribution in [0.2, 0.25) is 5.02 Å². The van der Waals surface area contributed by atoms with Crippen LogP contribution in [0.3, 0.4) is 0 Å². The van der Waals surface area contributed by atoms with Gasteiger partial charge in [-0.05, 0) is 35.4 Å². The lowest BCUT2D eigenvalue weighted by Crippen LogP contribution is -1.99. The number of fused-ring (bicyclic) bond motifs is 1. The second-order valence-electron chi connectivity index (χ2n) is 4.76. The molecule has 0 atom stereocenters. The topological polar surface area (TPSA) is 82.2 Å². The van der Waals surface area contributed by atoms with E-state index in [1.165, 1.54) is 0 Å². The van der Waals surface area contributed by atoms with Gasteiger partial charge < -0.3 is 10.3 Å². The van der Waals surface area contributed by atoms with Crippen LogP contribution in [0.5, 0.6) is 0 Å². The van der Waals surface area contributed by atoms with Gasteiger partial charge in [-0.25, -0.2) is 4.98 Å². The van der Waals surface area contributed by atoms with Crippen molar-refractivity contribution in [2.24, 2.45) is 0 Å². The summed E-state index contributed by atoms with van der Waals surface area (Å²) in [5.41, 5.74) is 8.59. The summed E-state index contributed by atoms with van der Waals surface area (Å²) in [5, 5.41) is 8.65. The summed E-state index contributed by atoms with van der Waals surface area (Å²) in [7, 11) is 0. The Labute approximate surface area is 130 Å². The molecule has 4 aromatic rings. The third-order valence-corrected chi connectivity index (χ3v) is 3.52. The maximum absolute atomic E-state index is 6.08. The van der Waals surface area contributed by atoms with Crippen molar-refractivity contribution < 1.29 is 4.52 Å². The van der Waals surface area contributed by atoms with Crippen molar-refractivity contribution in [1.29, 1.82) is 0 Å². The fourth-order valence-electron chi connectivity index (χ4n) is 2.28. The lowest BCUT2D eigenvalue weighted by atomic mass is 10.1. The van der Waals surface area contributed by atoms with Gasteiger partial charge in [-0.15, -0.1) is 5.10 Å². The first-order valence-corrected chi connectivity index (χ1v) is 6.92. The van der Waals surface area contributed by atoms with Crippen molar-refractivity contribution in [2.45, 2.75) is 0 Å². The van der Waals surface area contributed by atoms with Crippen LogP contribution in [-0.2, 0) is 0 Å². The Kier molecular flexibility index (Phi) is 2.83. The maximum atomic E-state index is 6.08. The highest BCUT2D eigenvalue weighted by Gasteiger charge is 2.13. The fraction of sp³-hybridized carbons (Fsp3) is 0. The van der Waals surface area contributed by atoms with Crippen LogP contribution in [0.15, 0.2) is 53.2 Å². The summed E-state index contributed by atoms with van der Waals surface area (Å²) in [6.07, 6.45) is 1.54. The number of hydrogen-bond acceptors (Lipinski definition) is 5. The Morgan fingerprint density at radius 1 is 1.09 bits per heavy atom. The molecule has 0 spiro atoms. The minimum Gasteiger partial charge on any atom is -0.384 e. The molecule has 0 aliphatic heterocycles. The Morgan fingerprint density at radius 3 is 2.77 bits per heavy atom. The zero-order valence-electron chi connectivity index (χ0n) is 11.3. The summed E-state index contributed by atoms with van der Waals surface area (Å²) in [6.45, 7) is 0. The van der Waals surface area contributed by atoms with Crippen LogP contribution < -0.4 is 5.73 Å². The van der Waals surface area contributed by atoms with E-state index in [0.717, 1.165) is 11.1 Å². The van der Waals surface area contributed by atoms with E-state index in [0.29, 0.717) is 28.1 Å². The molecule has 4 rings (SSSR count). The molecule has 0 saturated heterocycles. The van der Waals surface area contributed by atoms with Crippen molar-refractivity contribution in [2.75, 3.05) is 5.73 Å². The van der Waals surface area contributed by atoms with Gasteiger partial charge >= 0.3 is 0 Å². The van der Waals surface area contributed by atoms with Gasteiger partial charge in [0.05, 0.1) is 6.20 Å². The molecule has 0 bridgehead atoms. The van der Waals surface area contributed by atoms with Gasteiger partial charge in [-0.3, -0.25) is 0 Å². The predicted molar refractivity (Wildman–Crippen MR) is 83.3 cm³/mol. The van der Waals surface area contributed by atoms with E-state index in [1.54, 1.807) is 16.8 Å². The first kappa shape index (κ1) is 12.8. The van der Waals surface area contributed by atoms with Gasteiger partial charge in [0.25, 0.3) is 0 Å². The van der Waals surface area contributed by atoms with Crippen LogP contribution in [0, 0.1) is 0 Å². The third kappa shape index (κ3) is 2.10. The largest absolute Gasteiger partial charge is 0.384 e. The Morgan fingerprint density at radius 2 is 2.00 bits per heavy atom. The average Bonchev–Trinajstić information content (AvgIpc) is 3.16.